The molecule has 1 saturated carbocycles. The zero-order valence-corrected chi connectivity index (χ0v) is 19.6. The molecule has 0 atom stereocenters. The van der Waals surface area contributed by atoms with E-state index < -0.39 is 0 Å². The van der Waals surface area contributed by atoms with E-state index in [1.54, 1.807) is 6.20 Å². The number of morpholine rings is 1. The normalized spacial score (nSPS) is 15.6. The Balaban J connectivity index is 1.37. The number of aromatic nitrogens is 2. The van der Waals surface area contributed by atoms with E-state index in [1.807, 2.05) is 44.2 Å². The van der Waals surface area contributed by atoms with Crippen LogP contribution in [0, 0.1) is 13.8 Å². The highest BCUT2D eigenvalue weighted by molar-refractivity contribution is 6.08. The summed E-state index contributed by atoms with van der Waals surface area (Å²) in [6, 6.07) is 14.5. The summed E-state index contributed by atoms with van der Waals surface area (Å²) in [4.78, 5) is 24.6. The van der Waals surface area contributed by atoms with Crippen LogP contribution in [0.25, 0.3) is 0 Å². The topological polar surface area (TPSA) is 91.4 Å². The summed E-state index contributed by atoms with van der Waals surface area (Å²) < 4.78 is 5.46. The van der Waals surface area contributed by atoms with Crippen molar-refractivity contribution in [2.45, 2.75) is 32.7 Å². The predicted molar refractivity (Wildman–Crippen MR) is 135 cm³/mol. The van der Waals surface area contributed by atoms with Crippen molar-refractivity contribution in [3.8, 4) is 0 Å². The number of rotatable bonds is 7. The Bertz CT molecular complexity index is 1170. The molecule has 8 heteroatoms. The van der Waals surface area contributed by atoms with Crippen LogP contribution in [0.3, 0.4) is 0 Å². The van der Waals surface area contributed by atoms with Gasteiger partial charge in [-0.25, -0.2) is 4.98 Å². The molecule has 1 aromatic heterocycles. The van der Waals surface area contributed by atoms with Crippen molar-refractivity contribution in [2.24, 2.45) is 0 Å². The number of carbonyl (C=O) groups excluding carboxylic acids is 1. The van der Waals surface area contributed by atoms with Gasteiger partial charge in [0.05, 0.1) is 13.2 Å². The summed E-state index contributed by atoms with van der Waals surface area (Å²) in [5, 5.41) is 9.74. The van der Waals surface area contributed by atoms with E-state index in [-0.39, 0.29) is 5.91 Å². The van der Waals surface area contributed by atoms with Crippen molar-refractivity contribution in [3.63, 3.8) is 0 Å². The average Bonchev–Trinajstić information content (AvgIpc) is 3.66. The van der Waals surface area contributed by atoms with Crippen LogP contribution in [-0.4, -0.2) is 48.2 Å². The number of aryl methyl sites for hydroxylation is 2. The fourth-order valence-electron chi connectivity index (χ4n) is 4.06. The summed E-state index contributed by atoms with van der Waals surface area (Å²) in [7, 11) is 0. The number of amides is 1. The van der Waals surface area contributed by atoms with Crippen molar-refractivity contribution >= 4 is 34.7 Å². The molecule has 34 heavy (non-hydrogen) atoms. The second kappa shape index (κ2) is 9.69. The van der Waals surface area contributed by atoms with E-state index in [0.29, 0.717) is 23.4 Å². The molecule has 1 amide bonds. The van der Waals surface area contributed by atoms with Gasteiger partial charge in [-0.15, -0.1) is 0 Å². The fraction of sp³-hybridized carbons (Fsp3) is 0.346. The number of nitrogens with zero attached hydrogens (tertiary/aromatic N) is 3. The molecule has 3 N–H and O–H groups in total. The molecule has 2 aliphatic rings. The summed E-state index contributed by atoms with van der Waals surface area (Å²) in [5.74, 6) is 0.778. The third-order valence-corrected chi connectivity index (χ3v) is 6.15. The summed E-state index contributed by atoms with van der Waals surface area (Å²) in [6.45, 7) is 7.20. The Morgan fingerprint density at radius 3 is 2.53 bits per heavy atom. The number of carbonyl (C=O) groups is 1. The van der Waals surface area contributed by atoms with Crippen LogP contribution in [0.4, 0.5) is 28.8 Å². The van der Waals surface area contributed by atoms with Gasteiger partial charge in [0.25, 0.3) is 5.91 Å². The highest BCUT2D eigenvalue weighted by Crippen LogP contribution is 2.28. The van der Waals surface area contributed by atoms with E-state index in [0.717, 1.165) is 67.3 Å². The summed E-state index contributed by atoms with van der Waals surface area (Å²) >= 11 is 0. The highest BCUT2D eigenvalue weighted by Gasteiger charge is 2.25. The van der Waals surface area contributed by atoms with Gasteiger partial charge >= 0.3 is 0 Å². The molecule has 8 nitrogen and oxygen atoms in total. The van der Waals surface area contributed by atoms with Gasteiger partial charge in [-0.3, -0.25) is 4.79 Å². The summed E-state index contributed by atoms with van der Waals surface area (Å²) in [6.07, 6.45) is 3.74. The standard InChI is InChI=1S/C26H30N6O2/c1-17-5-3-6-18(2)23(17)30-25(33)22-16-27-26(31-24(22)28-19-9-10-19)29-20-7-4-8-21(15-20)32-11-13-34-14-12-32/h3-8,15-16,19H,9-14H2,1-2H3,(H,30,33)(H2,27,28,29,31). The lowest BCUT2D eigenvalue weighted by molar-refractivity contribution is 0.102. The molecule has 2 fully saturated rings. The van der Waals surface area contributed by atoms with Crippen molar-refractivity contribution in [1.82, 2.24) is 9.97 Å². The van der Waals surface area contributed by atoms with E-state index >= 15 is 0 Å². The van der Waals surface area contributed by atoms with E-state index in [4.69, 9.17) is 4.74 Å². The maximum Gasteiger partial charge on any atom is 0.261 e. The molecule has 0 radical (unpaired) electrons. The van der Waals surface area contributed by atoms with E-state index in [2.05, 4.69) is 43.0 Å². The van der Waals surface area contributed by atoms with Gasteiger partial charge in [0.15, 0.2) is 0 Å². The zero-order chi connectivity index (χ0) is 23.5. The molecular weight excluding hydrogens is 428 g/mol. The molecule has 0 spiro atoms. The first-order chi connectivity index (χ1) is 16.6. The molecule has 2 heterocycles. The second-order valence-corrected chi connectivity index (χ2v) is 8.87. The molecule has 1 aliphatic heterocycles. The average molecular weight is 459 g/mol. The number of hydrogen-bond acceptors (Lipinski definition) is 7. The van der Waals surface area contributed by atoms with Crippen molar-refractivity contribution in [1.29, 1.82) is 0 Å². The first kappa shape index (κ1) is 22.2. The molecule has 176 valence electrons. The first-order valence-electron chi connectivity index (χ1n) is 11.8. The number of para-hydroxylation sites is 1. The largest absolute Gasteiger partial charge is 0.378 e. The van der Waals surface area contributed by atoms with Gasteiger partial charge in [-0.2, -0.15) is 4.98 Å². The maximum atomic E-state index is 13.2. The minimum atomic E-state index is -0.221. The fourth-order valence-corrected chi connectivity index (χ4v) is 4.06. The third kappa shape index (κ3) is 5.12. The second-order valence-electron chi connectivity index (χ2n) is 8.87. The molecule has 0 bridgehead atoms. The van der Waals surface area contributed by atoms with Crippen molar-refractivity contribution in [2.75, 3.05) is 47.2 Å². The molecule has 3 aromatic rings. The Labute approximate surface area is 199 Å². The predicted octanol–water partition coefficient (Wildman–Crippen LogP) is 4.50. The number of anilines is 5. The lowest BCUT2D eigenvalue weighted by atomic mass is 10.1. The SMILES string of the molecule is Cc1cccc(C)c1NC(=O)c1cnc(Nc2cccc(N3CCOCC3)c2)nc1NC1CC1. The number of hydrogen-bond donors (Lipinski definition) is 3. The van der Waals surface area contributed by atoms with Crippen LogP contribution in [0.2, 0.25) is 0 Å². The Morgan fingerprint density at radius 2 is 1.79 bits per heavy atom. The van der Waals surface area contributed by atoms with Gasteiger partial charge in [0, 0.05) is 42.4 Å². The van der Waals surface area contributed by atoms with Crippen LogP contribution in [0.5, 0.6) is 0 Å². The maximum absolute atomic E-state index is 13.2. The smallest absolute Gasteiger partial charge is 0.261 e. The summed E-state index contributed by atoms with van der Waals surface area (Å²) in [5.41, 5.74) is 5.33. The van der Waals surface area contributed by atoms with Crippen molar-refractivity contribution < 1.29 is 9.53 Å². The van der Waals surface area contributed by atoms with E-state index in [9.17, 15) is 4.79 Å². The molecule has 1 aliphatic carbocycles. The Kier molecular flexibility index (Phi) is 6.31. The molecular formula is C26H30N6O2. The third-order valence-electron chi connectivity index (χ3n) is 6.15. The quantitative estimate of drug-likeness (QED) is 0.480. The minimum absolute atomic E-state index is 0.221. The van der Waals surface area contributed by atoms with Crippen LogP contribution in [0.15, 0.2) is 48.7 Å². The van der Waals surface area contributed by atoms with Gasteiger partial charge in [-0.1, -0.05) is 24.3 Å². The molecule has 2 aromatic carbocycles. The van der Waals surface area contributed by atoms with Gasteiger partial charge < -0.3 is 25.6 Å². The minimum Gasteiger partial charge on any atom is -0.378 e. The first-order valence-corrected chi connectivity index (χ1v) is 11.8. The van der Waals surface area contributed by atoms with Crippen molar-refractivity contribution in [3.05, 3.63) is 65.4 Å². The number of nitrogens with one attached hydrogen (secondary N) is 3. The lowest BCUT2D eigenvalue weighted by Gasteiger charge is -2.29. The monoisotopic (exact) mass is 458 g/mol. The van der Waals surface area contributed by atoms with Crippen LogP contribution < -0.4 is 20.9 Å². The van der Waals surface area contributed by atoms with Crippen LogP contribution in [0.1, 0.15) is 34.3 Å². The van der Waals surface area contributed by atoms with Gasteiger partial charge in [0.2, 0.25) is 5.95 Å². The highest BCUT2D eigenvalue weighted by atomic mass is 16.5. The van der Waals surface area contributed by atoms with Gasteiger partial charge in [0.1, 0.15) is 11.4 Å². The zero-order valence-electron chi connectivity index (χ0n) is 19.6. The lowest BCUT2D eigenvalue weighted by Crippen LogP contribution is -2.36. The van der Waals surface area contributed by atoms with Crippen LogP contribution >= 0.6 is 0 Å². The number of ether oxygens (including phenoxy) is 1. The van der Waals surface area contributed by atoms with Crippen LogP contribution in [-0.2, 0) is 4.74 Å². The number of benzene rings is 2. The Hall–Kier alpha value is -3.65. The molecule has 5 rings (SSSR count). The van der Waals surface area contributed by atoms with Gasteiger partial charge in [-0.05, 0) is 56.0 Å². The molecule has 1 saturated heterocycles. The Morgan fingerprint density at radius 1 is 1.06 bits per heavy atom. The van der Waals surface area contributed by atoms with E-state index in [1.165, 1.54) is 0 Å². The molecule has 0 unspecified atom stereocenters.